The Labute approximate surface area is 174 Å². The number of anilines is 2. The number of fused-ring (bicyclic) bond motifs is 1. The average molecular weight is 405 g/mol. The minimum atomic E-state index is -0.318. The Bertz CT molecular complexity index is 1060. The topological polar surface area (TPSA) is 89.5 Å². The van der Waals surface area contributed by atoms with E-state index in [1.165, 1.54) is 6.20 Å². The summed E-state index contributed by atoms with van der Waals surface area (Å²) in [5, 5.41) is 7.65. The zero-order valence-corrected chi connectivity index (χ0v) is 16.7. The van der Waals surface area contributed by atoms with Gasteiger partial charge in [-0.3, -0.25) is 9.59 Å². The van der Waals surface area contributed by atoms with Crippen LogP contribution in [0.2, 0.25) is 0 Å². The molecule has 0 atom stereocenters. The predicted molar refractivity (Wildman–Crippen MR) is 115 cm³/mol. The largest absolute Gasteiger partial charge is 0.475 e. The molecule has 3 aromatic rings. The van der Waals surface area contributed by atoms with E-state index in [0.29, 0.717) is 36.0 Å². The van der Waals surface area contributed by atoms with Gasteiger partial charge in [0.15, 0.2) is 0 Å². The van der Waals surface area contributed by atoms with Crippen molar-refractivity contribution in [2.24, 2.45) is 5.92 Å². The molecule has 1 aliphatic rings. The Hall–Kier alpha value is -3.45. The highest BCUT2D eigenvalue weighted by Crippen LogP contribution is 2.32. The lowest BCUT2D eigenvalue weighted by Gasteiger charge is -2.13. The molecule has 154 valence electrons. The second-order valence-corrected chi connectivity index (χ2v) is 7.19. The molecule has 2 amide bonds. The molecule has 0 aliphatic heterocycles. The molecule has 7 heteroatoms. The Morgan fingerprint density at radius 1 is 1.03 bits per heavy atom. The zero-order valence-electron chi connectivity index (χ0n) is 16.7. The normalized spacial score (nSPS) is 13.1. The van der Waals surface area contributed by atoms with Gasteiger partial charge in [0.1, 0.15) is 6.61 Å². The minimum absolute atomic E-state index is 0.0430. The summed E-state index contributed by atoms with van der Waals surface area (Å²) >= 11 is 0. The van der Waals surface area contributed by atoms with Crippen molar-refractivity contribution in [3.63, 3.8) is 0 Å². The van der Waals surface area contributed by atoms with Crippen molar-refractivity contribution < 1.29 is 19.1 Å². The molecule has 0 spiro atoms. The summed E-state index contributed by atoms with van der Waals surface area (Å²) in [6.45, 7) is 0.869. The van der Waals surface area contributed by atoms with E-state index in [2.05, 4.69) is 15.6 Å². The van der Waals surface area contributed by atoms with Crippen molar-refractivity contribution in [2.75, 3.05) is 31.0 Å². The van der Waals surface area contributed by atoms with Gasteiger partial charge in [-0.1, -0.05) is 24.3 Å². The van der Waals surface area contributed by atoms with E-state index < -0.39 is 0 Å². The van der Waals surface area contributed by atoms with Gasteiger partial charge in [-0.2, -0.15) is 0 Å². The summed E-state index contributed by atoms with van der Waals surface area (Å²) in [6, 6.07) is 14.8. The summed E-state index contributed by atoms with van der Waals surface area (Å²) in [5.41, 5.74) is 1.45. The van der Waals surface area contributed by atoms with Crippen LogP contribution in [0, 0.1) is 5.92 Å². The fourth-order valence-corrected chi connectivity index (χ4v) is 3.08. The van der Waals surface area contributed by atoms with Gasteiger partial charge < -0.3 is 20.1 Å². The van der Waals surface area contributed by atoms with Gasteiger partial charge in [0.2, 0.25) is 11.8 Å². The van der Waals surface area contributed by atoms with Gasteiger partial charge in [-0.15, -0.1) is 0 Å². The van der Waals surface area contributed by atoms with Crippen molar-refractivity contribution in [2.45, 2.75) is 12.8 Å². The third-order valence-corrected chi connectivity index (χ3v) is 4.87. The van der Waals surface area contributed by atoms with Gasteiger partial charge in [0, 0.05) is 19.1 Å². The van der Waals surface area contributed by atoms with Crippen LogP contribution in [0.15, 0.2) is 54.7 Å². The number of nitrogens with zero attached hydrogens (tertiary/aromatic N) is 1. The van der Waals surface area contributed by atoms with Crippen LogP contribution in [-0.4, -0.2) is 37.1 Å². The van der Waals surface area contributed by atoms with Crippen LogP contribution >= 0.6 is 0 Å². The van der Waals surface area contributed by atoms with E-state index in [1.807, 2.05) is 30.3 Å². The van der Waals surface area contributed by atoms with Crippen molar-refractivity contribution in [3.05, 3.63) is 60.3 Å². The van der Waals surface area contributed by atoms with Crippen molar-refractivity contribution in [1.29, 1.82) is 0 Å². The molecule has 1 heterocycles. The van der Waals surface area contributed by atoms with Crippen molar-refractivity contribution >= 4 is 34.0 Å². The Balaban J connectivity index is 1.54. The third-order valence-electron chi connectivity index (χ3n) is 4.87. The lowest BCUT2D eigenvalue weighted by Crippen LogP contribution is -2.19. The van der Waals surface area contributed by atoms with Gasteiger partial charge >= 0.3 is 0 Å². The van der Waals surface area contributed by atoms with E-state index in [1.54, 1.807) is 25.3 Å². The number of carbonyl (C=O) groups is 2. The van der Waals surface area contributed by atoms with Crippen LogP contribution in [0.25, 0.3) is 10.8 Å². The molecule has 0 unspecified atom stereocenters. The van der Waals surface area contributed by atoms with Crippen LogP contribution in [0.4, 0.5) is 11.4 Å². The van der Waals surface area contributed by atoms with E-state index in [4.69, 9.17) is 9.47 Å². The Morgan fingerprint density at radius 2 is 1.80 bits per heavy atom. The summed E-state index contributed by atoms with van der Waals surface area (Å²) in [6.07, 6.45) is 3.32. The first-order valence-corrected chi connectivity index (χ1v) is 9.87. The zero-order chi connectivity index (χ0) is 20.9. The number of nitrogens with one attached hydrogen (secondary N) is 2. The van der Waals surface area contributed by atoms with Gasteiger partial charge in [0.25, 0.3) is 5.91 Å². The Morgan fingerprint density at radius 3 is 2.47 bits per heavy atom. The molecule has 30 heavy (non-hydrogen) atoms. The number of amides is 2. The Kier molecular flexibility index (Phi) is 5.90. The molecule has 0 bridgehead atoms. The maximum Gasteiger partial charge on any atom is 0.257 e. The lowest BCUT2D eigenvalue weighted by molar-refractivity contribution is -0.117. The number of hydrogen-bond donors (Lipinski definition) is 2. The molecular weight excluding hydrogens is 382 g/mol. The van der Waals surface area contributed by atoms with Gasteiger partial charge in [0.05, 0.1) is 29.7 Å². The maximum absolute atomic E-state index is 13.0. The van der Waals surface area contributed by atoms with Crippen LogP contribution in [-0.2, 0) is 9.53 Å². The second-order valence-electron chi connectivity index (χ2n) is 7.19. The van der Waals surface area contributed by atoms with Gasteiger partial charge in [-0.25, -0.2) is 4.98 Å². The van der Waals surface area contributed by atoms with Crippen LogP contribution < -0.4 is 15.4 Å². The summed E-state index contributed by atoms with van der Waals surface area (Å²) in [4.78, 5) is 29.5. The van der Waals surface area contributed by atoms with E-state index in [-0.39, 0.29) is 17.7 Å². The summed E-state index contributed by atoms with van der Waals surface area (Å²) < 4.78 is 10.4. The second kappa shape index (κ2) is 8.92. The predicted octanol–water partition coefficient (Wildman–Crippen LogP) is 3.86. The standard InChI is InChI=1S/C23H23N3O4/c1-29-10-11-30-21-9-8-18(14-24-21)25-23(28)19-12-16-4-2-3-5-17(16)13-20(19)26-22(27)15-6-7-15/h2-5,8-9,12-15H,6-7,10-11H2,1H3,(H,25,28)(H,26,27). The molecule has 0 radical (unpaired) electrons. The van der Waals surface area contributed by atoms with Crippen LogP contribution in [0.1, 0.15) is 23.2 Å². The number of pyridine rings is 1. The quantitative estimate of drug-likeness (QED) is 0.556. The number of hydrogen-bond acceptors (Lipinski definition) is 5. The fraction of sp³-hybridized carbons (Fsp3) is 0.261. The van der Waals surface area contributed by atoms with Crippen molar-refractivity contribution in [3.8, 4) is 5.88 Å². The van der Waals surface area contributed by atoms with E-state index in [9.17, 15) is 9.59 Å². The number of rotatable bonds is 8. The van der Waals surface area contributed by atoms with E-state index in [0.717, 1.165) is 23.6 Å². The van der Waals surface area contributed by atoms with Crippen LogP contribution in [0.5, 0.6) is 5.88 Å². The number of benzene rings is 2. The minimum Gasteiger partial charge on any atom is -0.475 e. The molecule has 1 aliphatic carbocycles. The summed E-state index contributed by atoms with van der Waals surface area (Å²) in [5.74, 6) is 0.135. The highest BCUT2D eigenvalue weighted by molar-refractivity contribution is 6.13. The molecule has 1 saturated carbocycles. The summed E-state index contributed by atoms with van der Waals surface area (Å²) in [7, 11) is 1.60. The molecule has 4 rings (SSSR count). The van der Waals surface area contributed by atoms with Crippen LogP contribution in [0.3, 0.4) is 0 Å². The molecule has 1 aromatic heterocycles. The highest BCUT2D eigenvalue weighted by Gasteiger charge is 2.30. The molecule has 1 fully saturated rings. The molecule has 0 saturated heterocycles. The lowest BCUT2D eigenvalue weighted by atomic mass is 10.0. The first kappa shape index (κ1) is 19.8. The maximum atomic E-state index is 13.0. The average Bonchev–Trinajstić information content (AvgIpc) is 3.60. The monoisotopic (exact) mass is 405 g/mol. The highest BCUT2D eigenvalue weighted by atomic mass is 16.5. The first-order chi connectivity index (χ1) is 14.6. The van der Waals surface area contributed by atoms with Crippen molar-refractivity contribution in [1.82, 2.24) is 4.98 Å². The number of aromatic nitrogens is 1. The molecular formula is C23H23N3O4. The third kappa shape index (κ3) is 4.75. The molecule has 2 aromatic carbocycles. The number of carbonyl (C=O) groups excluding carboxylic acids is 2. The number of ether oxygens (including phenoxy) is 2. The van der Waals surface area contributed by atoms with Gasteiger partial charge in [-0.05, 0) is 41.8 Å². The molecule has 7 nitrogen and oxygen atoms in total. The fourth-order valence-electron chi connectivity index (χ4n) is 3.08. The smallest absolute Gasteiger partial charge is 0.257 e. The SMILES string of the molecule is COCCOc1ccc(NC(=O)c2cc3ccccc3cc2NC(=O)C2CC2)cn1. The molecule has 2 N–H and O–H groups in total. The van der Waals surface area contributed by atoms with E-state index >= 15 is 0 Å². The number of methoxy groups -OCH3 is 1. The first-order valence-electron chi connectivity index (χ1n) is 9.87.